The van der Waals surface area contributed by atoms with E-state index in [4.69, 9.17) is 14.2 Å². The van der Waals surface area contributed by atoms with Gasteiger partial charge in [0.2, 0.25) is 21.8 Å². The van der Waals surface area contributed by atoms with Crippen LogP contribution in [-0.4, -0.2) is 83.7 Å². The van der Waals surface area contributed by atoms with Crippen LogP contribution < -0.4 is 19.5 Å². The Bertz CT molecular complexity index is 2120. The number of nitrogens with one attached hydrogen (secondary N) is 2. The van der Waals surface area contributed by atoms with Gasteiger partial charge in [-0.25, -0.2) is 22.2 Å². The van der Waals surface area contributed by atoms with Gasteiger partial charge in [-0.3, -0.25) is 23.9 Å². The second-order valence-electron chi connectivity index (χ2n) is 17.1. The maximum atomic E-state index is 14.8. The Morgan fingerprint density at radius 3 is 2.58 bits per heavy atom. The molecule has 4 heterocycles. The van der Waals surface area contributed by atoms with E-state index in [1.807, 2.05) is 12.2 Å². The Morgan fingerprint density at radius 2 is 1.88 bits per heavy atom. The number of fused-ring (bicyclic) bond motifs is 5. The number of carbonyl (C=O) groups is 4. The van der Waals surface area contributed by atoms with Gasteiger partial charge < -0.3 is 24.4 Å². The number of aryl methyl sites for hydroxylation is 1. The van der Waals surface area contributed by atoms with E-state index in [0.29, 0.717) is 54.3 Å². The maximum absolute atomic E-state index is 14.8. The number of benzene rings is 1. The molecule has 0 bridgehead atoms. The van der Waals surface area contributed by atoms with Gasteiger partial charge >= 0.3 is 5.97 Å². The molecule has 13 nitrogen and oxygen atoms in total. The lowest BCUT2D eigenvalue weighted by Crippen LogP contribution is -2.57. The Morgan fingerprint density at radius 1 is 1.09 bits per heavy atom. The summed E-state index contributed by atoms with van der Waals surface area (Å²) in [6.07, 6.45) is 7.50. The fourth-order valence-corrected chi connectivity index (χ4v) is 10.2. The first-order chi connectivity index (χ1) is 27.2. The predicted molar refractivity (Wildman–Crippen MR) is 203 cm³/mol. The van der Waals surface area contributed by atoms with Crippen molar-refractivity contribution in [3.63, 3.8) is 0 Å². The number of alkyl halides is 2. The number of hydrogen-bond acceptors (Lipinski definition) is 10. The number of hydrogen-bond donors (Lipinski definition) is 2. The summed E-state index contributed by atoms with van der Waals surface area (Å²) in [5, 5.41) is 3.46. The second-order valence-corrected chi connectivity index (χ2v) is 19.3. The van der Waals surface area contributed by atoms with E-state index in [1.54, 1.807) is 25.1 Å². The third-order valence-electron chi connectivity index (χ3n) is 13.1. The molecule has 3 aliphatic carbocycles. The first kappa shape index (κ1) is 39.5. The number of esters is 1. The molecule has 2 N–H and O–H groups in total. The van der Waals surface area contributed by atoms with Crippen LogP contribution >= 0.6 is 0 Å². The number of amides is 3. The third kappa shape index (κ3) is 7.46. The molecule has 1 saturated heterocycles. The SMILES string of the molecule is COc1ccc2nc(C(F)F)c3c(c2c1)CC[C@]1(C[C@H]2C(=O)N[C@]4(C(=O)NS(=O)(=O)C5(C)CC5)C[C@H]4/C=C\CCCCC[C@H](CC(=O)OC4CCC4)C(=O)N2C1)O3. The predicted octanol–water partition coefficient (Wildman–Crippen LogP) is 5.34. The number of nitrogens with zero attached hydrogens (tertiary/aromatic N) is 2. The summed E-state index contributed by atoms with van der Waals surface area (Å²) in [6.45, 7) is 1.42. The van der Waals surface area contributed by atoms with Crippen molar-refractivity contribution >= 4 is 44.6 Å². The summed E-state index contributed by atoms with van der Waals surface area (Å²) in [6, 6.07) is 3.74. The van der Waals surface area contributed by atoms with Crippen molar-refractivity contribution in [3.05, 3.63) is 41.6 Å². The van der Waals surface area contributed by atoms with E-state index >= 15 is 0 Å². The number of halogens is 2. The first-order valence-corrected chi connectivity index (χ1v) is 21.7. The fourth-order valence-electron chi connectivity index (χ4n) is 8.87. The highest BCUT2D eigenvalue weighted by Gasteiger charge is 2.64. The fraction of sp³-hybridized carbons (Fsp3) is 0.634. The van der Waals surface area contributed by atoms with Crippen molar-refractivity contribution in [2.45, 2.75) is 138 Å². The van der Waals surface area contributed by atoms with Crippen molar-refractivity contribution < 1.29 is 50.6 Å². The molecule has 1 spiro atoms. The number of allylic oxidation sites excluding steroid dienone is 1. The average molecular weight is 813 g/mol. The van der Waals surface area contributed by atoms with Gasteiger partial charge in [0.05, 0.1) is 30.3 Å². The minimum atomic E-state index is -4.04. The lowest BCUT2D eigenvalue weighted by Gasteiger charge is -2.37. The molecule has 0 unspecified atom stereocenters. The third-order valence-corrected chi connectivity index (χ3v) is 15.3. The van der Waals surface area contributed by atoms with Crippen LogP contribution in [0.3, 0.4) is 0 Å². The molecule has 0 radical (unpaired) electrons. The zero-order chi connectivity index (χ0) is 40.3. The molecule has 2 aromatic rings. The number of methoxy groups -OCH3 is 1. The minimum Gasteiger partial charge on any atom is -0.497 e. The molecule has 6 aliphatic rings. The number of aromatic nitrogens is 1. The Labute approximate surface area is 330 Å². The molecular formula is C41H50F2N4O9S. The van der Waals surface area contributed by atoms with E-state index in [0.717, 1.165) is 32.1 Å². The highest BCUT2D eigenvalue weighted by molar-refractivity contribution is 7.91. The standard InChI is InChI=1S/C41H50F2N4O9S/c1-39(17-18-39)57(52,53)46-38(51)41-21-25(41)10-7-5-3-4-6-9-24(19-32(48)55-26-11-8-12-26)37(50)47-23-40(22-31(47)36(49)45-41)16-15-28-29-20-27(54-2)13-14-30(29)44-33(35(42)43)34(28)56-40/h7,10,13-14,20,24-26,31,35H,3-6,8-9,11-12,15-19,21-23H2,1-2H3,(H,45,49)(H,46,51)/b10-7-/t24-,25-,31+,40-,41-/m1/s1. The zero-order valence-corrected chi connectivity index (χ0v) is 33.1. The van der Waals surface area contributed by atoms with Gasteiger partial charge in [-0.2, -0.15) is 0 Å². The molecule has 3 amide bonds. The van der Waals surface area contributed by atoms with Crippen LogP contribution in [0.4, 0.5) is 8.78 Å². The van der Waals surface area contributed by atoms with Crippen LogP contribution in [0.1, 0.15) is 114 Å². The van der Waals surface area contributed by atoms with E-state index in [2.05, 4.69) is 15.0 Å². The van der Waals surface area contributed by atoms with Gasteiger partial charge in [-0.15, -0.1) is 0 Å². The van der Waals surface area contributed by atoms with Crippen LogP contribution in [0.25, 0.3) is 10.9 Å². The van der Waals surface area contributed by atoms with Gasteiger partial charge in [-0.1, -0.05) is 25.0 Å². The highest BCUT2D eigenvalue weighted by Crippen LogP contribution is 2.50. The van der Waals surface area contributed by atoms with Crippen LogP contribution in [0.5, 0.6) is 11.5 Å². The lowest BCUT2D eigenvalue weighted by molar-refractivity contribution is -0.157. The van der Waals surface area contributed by atoms with Crippen LogP contribution in [0, 0.1) is 11.8 Å². The summed E-state index contributed by atoms with van der Waals surface area (Å²) in [4.78, 5) is 62.2. The molecule has 3 aliphatic heterocycles. The molecule has 57 heavy (non-hydrogen) atoms. The van der Waals surface area contributed by atoms with Crippen molar-refractivity contribution in [1.29, 1.82) is 0 Å². The smallest absolute Gasteiger partial charge is 0.306 e. The highest BCUT2D eigenvalue weighted by atomic mass is 32.2. The Kier molecular flexibility index (Phi) is 10.2. The van der Waals surface area contributed by atoms with Crippen molar-refractivity contribution in [2.75, 3.05) is 13.7 Å². The van der Waals surface area contributed by atoms with Gasteiger partial charge in [-0.05, 0) is 95.8 Å². The normalized spacial score (nSPS) is 30.4. The minimum absolute atomic E-state index is 0.101. The number of ether oxygens (including phenoxy) is 3. The molecule has 308 valence electrons. The topological polar surface area (TPSA) is 170 Å². The summed E-state index contributed by atoms with van der Waals surface area (Å²) >= 11 is 0. The van der Waals surface area contributed by atoms with Crippen LogP contribution in [0.2, 0.25) is 0 Å². The largest absolute Gasteiger partial charge is 0.497 e. The summed E-state index contributed by atoms with van der Waals surface area (Å²) in [5.41, 5.74) is -2.57. The van der Waals surface area contributed by atoms with Gasteiger partial charge in [0.25, 0.3) is 12.3 Å². The van der Waals surface area contributed by atoms with Crippen LogP contribution in [0.15, 0.2) is 30.4 Å². The lowest BCUT2D eigenvalue weighted by atomic mass is 9.87. The van der Waals surface area contributed by atoms with Crippen molar-refractivity contribution in [2.24, 2.45) is 11.8 Å². The molecule has 4 fully saturated rings. The molecular weight excluding hydrogens is 763 g/mol. The number of carbonyl (C=O) groups excluding carboxylic acids is 4. The quantitative estimate of drug-likeness (QED) is 0.262. The van der Waals surface area contributed by atoms with Gasteiger partial charge in [0.15, 0.2) is 5.75 Å². The molecule has 8 rings (SSSR count). The molecule has 3 saturated carbocycles. The first-order valence-electron chi connectivity index (χ1n) is 20.2. The number of sulfonamides is 1. The second kappa shape index (κ2) is 14.8. The number of rotatable bonds is 8. The number of pyridine rings is 1. The molecule has 5 atom stereocenters. The van der Waals surface area contributed by atoms with Crippen molar-refractivity contribution in [1.82, 2.24) is 19.9 Å². The van der Waals surface area contributed by atoms with Gasteiger partial charge in [0, 0.05) is 29.2 Å². The van der Waals surface area contributed by atoms with E-state index in [9.17, 15) is 36.4 Å². The molecule has 16 heteroatoms. The average Bonchev–Trinajstić information content (AvgIpc) is 4.05. The Hall–Kier alpha value is -4.34. The summed E-state index contributed by atoms with van der Waals surface area (Å²) < 4.78 is 74.7. The Balaban J connectivity index is 1.15. The molecule has 1 aromatic carbocycles. The van der Waals surface area contributed by atoms with Crippen molar-refractivity contribution in [3.8, 4) is 11.5 Å². The van der Waals surface area contributed by atoms with E-state index in [-0.39, 0.29) is 50.5 Å². The maximum Gasteiger partial charge on any atom is 0.306 e. The summed E-state index contributed by atoms with van der Waals surface area (Å²) in [5.74, 6) is -3.42. The van der Waals surface area contributed by atoms with E-state index < -0.39 is 79.6 Å². The van der Waals surface area contributed by atoms with Gasteiger partial charge in [0.1, 0.15) is 34.7 Å². The summed E-state index contributed by atoms with van der Waals surface area (Å²) in [7, 11) is -2.54. The van der Waals surface area contributed by atoms with Crippen LogP contribution in [-0.2, 0) is 40.4 Å². The monoisotopic (exact) mass is 812 g/mol. The molecule has 1 aromatic heterocycles. The zero-order valence-electron chi connectivity index (χ0n) is 32.3. The van der Waals surface area contributed by atoms with E-state index in [1.165, 1.54) is 12.0 Å².